The Balaban J connectivity index is 2.14. The number of benzene rings is 1. The lowest BCUT2D eigenvalue weighted by atomic mass is 9.78. The van der Waals surface area contributed by atoms with Crippen LogP contribution in [0.25, 0.3) is 0 Å². The summed E-state index contributed by atoms with van der Waals surface area (Å²) in [6.45, 7) is 11.7. The molecule has 0 aromatic heterocycles. The lowest BCUT2D eigenvalue weighted by Crippen LogP contribution is -2.18. The van der Waals surface area contributed by atoms with Crippen molar-refractivity contribution in [1.82, 2.24) is 0 Å². The van der Waals surface area contributed by atoms with Crippen molar-refractivity contribution in [2.45, 2.75) is 58.8 Å². The van der Waals surface area contributed by atoms with E-state index in [0.717, 1.165) is 54.8 Å². The Bertz CT molecular complexity index is 666. The van der Waals surface area contributed by atoms with Gasteiger partial charge in [0.25, 0.3) is 0 Å². The van der Waals surface area contributed by atoms with E-state index in [9.17, 15) is 5.11 Å². The van der Waals surface area contributed by atoms with Gasteiger partial charge in [-0.05, 0) is 61.6 Å². The van der Waals surface area contributed by atoms with Crippen molar-refractivity contribution in [3.05, 3.63) is 46.7 Å². The number of halogens is 1. The highest BCUT2D eigenvalue weighted by Crippen LogP contribution is 2.35. The van der Waals surface area contributed by atoms with E-state index in [2.05, 4.69) is 43.4 Å². The molecule has 2 unspecified atom stereocenters. The average molecular weight is 375 g/mol. The van der Waals surface area contributed by atoms with Crippen molar-refractivity contribution in [3.63, 3.8) is 0 Å². The molecule has 4 heteroatoms. The maximum atomic E-state index is 9.73. The lowest BCUT2D eigenvalue weighted by molar-refractivity contribution is 0.223. The molecule has 0 radical (unpaired) electrons. The van der Waals surface area contributed by atoms with E-state index >= 15 is 0 Å². The predicted molar refractivity (Wildman–Crippen MR) is 113 cm³/mol. The maximum Gasteiger partial charge on any atom is 0.0882 e. The quantitative estimate of drug-likeness (QED) is 0.311. The molecule has 1 aromatic rings. The number of rotatable bonds is 8. The van der Waals surface area contributed by atoms with Crippen LogP contribution in [0.1, 0.15) is 63.5 Å². The summed E-state index contributed by atoms with van der Waals surface area (Å²) in [5.74, 6) is 1.72. The first-order chi connectivity index (χ1) is 12.4. The van der Waals surface area contributed by atoms with Gasteiger partial charge in [0.2, 0.25) is 0 Å². The van der Waals surface area contributed by atoms with Gasteiger partial charge in [0, 0.05) is 23.2 Å². The Morgan fingerprint density at radius 3 is 2.77 bits per heavy atom. The third-order valence-electron chi connectivity index (χ3n) is 5.25. The fraction of sp³-hybridized carbons (Fsp3) is 0.545. The highest BCUT2D eigenvalue weighted by Gasteiger charge is 2.24. The summed E-state index contributed by atoms with van der Waals surface area (Å²) in [6.07, 6.45) is 7.28. The molecule has 1 aliphatic carbocycles. The van der Waals surface area contributed by atoms with Gasteiger partial charge in [0.1, 0.15) is 0 Å². The van der Waals surface area contributed by atoms with Gasteiger partial charge >= 0.3 is 0 Å². The third-order valence-corrected chi connectivity index (χ3v) is 5.48. The van der Waals surface area contributed by atoms with Crippen LogP contribution in [0.15, 0.2) is 40.7 Å². The summed E-state index contributed by atoms with van der Waals surface area (Å²) >= 11 is 6.26. The molecule has 1 aliphatic rings. The Morgan fingerprint density at radius 1 is 1.35 bits per heavy atom. The van der Waals surface area contributed by atoms with Gasteiger partial charge in [-0.2, -0.15) is 10.2 Å². The van der Waals surface area contributed by atoms with Crippen molar-refractivity contribution in [2.24, 2.45) is 28.0 Å². The second kappa shape index (κ2) is 9.91. The second-order valence-corrected chi connectivity index (χ2v) is 8.28. The zero-order valence-electron chi connectivity index (χ0n) is 16.0. The van der Waals surface area contributed by atoms with Crippen molar-refractivity contribution < 1.29 is 5.11 Å². The normalized spacial score (nSPS) is 21.0. The van der Waals surface area contributed by atoms with Crippen LogP contribution in [-0.4, -0.2) is 17.5 Å². The summed E-state index contributed by atoms with van der Waals surface area (Å²) in [6, 6.07) is 6.05. The molecule has 142 valence electrons. The second-order valence-electron chi connectivity index (χ2n) is 7.85. The van der Waals surface area contributed by atoms with E-state index < -0.39 is 0 Å². The van der Waals surface area contributed by atoms with Gasteiger partial charge in [-0.25, -0.2) is 0 Å². The van der Waals surface area contributed by atoms with E-state index in [0.29, 0.717) is 17.6 Å². The molecule has 1 aromatic carbocycles. The Labute approximate surface area is 162 Å². The molecule has 0 bridgehead atoms. The minimum absolute atomic E-state index is 0.245. The minimum atomic E-state index is 0.245. The van der Waals surface area contributed by atoms with Crippen LogP contribution >= 0.6 is 11.6 Å². The van der Waals surface area contributed by atoms with Crippen molar-refractivity contribution >= 4 is 24.0 Å². The predicted octanol–water partition coefficient (Wildman–Crippen LogP) is 6.60. The topological polar surface area (TPSA) is 45.0 Å². The monoisotopic (exact) mass is 374 g/mol. The zero-order valence-corrected chi connectivity index (χ0v) is 16.8. The van der Waals surface area contributed by atoms with Crippen LogP contribution in [-0.2, 0) is 6.42 Å². The molecule has 1 N–H and O–H groups in total. The lowest BCUT2D eigenvalue weighted by Gasteiger charge is -2.28. The van der Waals surface area contributed by atoms with E-state index in [1.54, 1.807) is 0 Å². The van der Waals surface area contributed by atoms with Crippen molar-refractivity contribution in [3.8, 4) is 0 Å². The summed E-state index contributed by atoms with van der Waals surface area (Å²) in [7, 11) is 0. The maximum absolute atomic E-state index is 9.73. The summed E-state index contributed by atoms with van der Waals surface area (Å²) in [5.41, 5.74) is 3.32. The van der Waals surface area contributed by atoms with E-state index in [-0.39, 0.29) is 5.92 Å². The molecule has 0 aliphatic heterocycles. The van der Waals surface area contributed by atoms with Gasteiger partial charge in [0.15, 0.2) is 0 Å². The zero-order chi connectivity index (χ0) is 19.1. The number of allylic oxidation sites excluding steroid dienone is 1. The fourth-order valence-electron chi connectivity index (χ4n) is 3.96. The van der Waals surface area contributed by atoms with Gasteiger partial charge in [-0.15, -0.1) is 0 Å². The fourth-order valence-corrected chi connectivity index (χ4v) is 4.13. The first-order valence-corrected chi connectivity index (χ1v) is 9.97. The van der Waals surface area contributed by atoms with Gasteiger partial charge < -0.3 is 5.11 Å². The van der Waals surface area contributed by atoms with Crippen LogP contribution in [0.3, 0.4) is 0 Å². The molecule has 0 amide bonds. The van der Waals surface area contributed by atoms with E-state index in [1.165, 1.54) is 12.0 Å². The van der Waals surface area contributed by atoms with Gasteiger partial charge in [0.05, 0.1) is 11.5 Å². The van der Waals surface area contributed by atoms with Gasteiger partial charge in [-0.1, -0.05) is 50.9 Å². The Morgan fingerprint density at radius 2 is 2.12 bits per heavy atom. The van der Waals surface area contributed by atoms with Crippen LogP contribution in [0.2, 0.25) is 5.02 Å². The van der Waals surface area contributed by atoms with Crippen molar-refractivity contribution in [2.75, 3.05) is 0 Å². The molecule has 2 atom stereocenters. The first kappa shape index (κ1) is 20.7. The van der Waals surface area contributed by atoms with Crippen LogP contribution in [0.4, 0.5) is 0 Å². The average Bonchev–Trinajstić information content (AvgIpc) is 2.60. The summed E-state index contributed by atoms with van der Waals surface area (Å²) in [4.78, 5) is 0. The third kappa shape index (κ3) is 5.98. The molecule has 0 spiro atoms. The molecule has 1 fully saturated rings. The number of nitrogens with zero attached hydrogens (tertiary/aromatic N) is 2. The highest BCUT2D eigenvalue weighted by molar-refractivity contribution is 6.31. The van der Waals surface area contributed by atoms with E-state index in [1.807, 2.05) is 12.1 Å². The molecule has 3 nitrogen and oxygen atoms in total. The molecule has 0 saturated heterocycles. The molecule has 2 rings (SSSR count). The largest absolute Gasteiger partial charge is 0.513 e. The first-order valence-electron chi connectivity index (χ1n) is 9.59. The molecule has 0 heterocycles. The molecular formula is C22H31ClN2O. The molecular weight excluding hydrogens is 344 g/mol. The smallest absolute Gasteiger partial charge is 0.0882 e. The number of aliphatic hydroxyl groups excluding tert-OH is 1. The Kier molecular flexibility index (Phi) is 7.89. The van der Waals surface area contributed by atoms with Crippen LogP contribution in [0.5, 0.6) is 0 Å². The van der Waals surface area contributed by atoms with Gasteiger partial charge in [-0.3, -0.25) is 0 Å². The number of hydrogen-bond acceptors (Lipinski definition) is 3. The van der Waals surface area contributed by atoms with E-state index in [4.69, 9.17) is 11.6 Å². The van der Waals surface area contributed by atoms with Crippen LogP contribution < -0.4 is 0 Å². The molecule has 26 heavy (non-hydrogen) atoms. The number of hydrogen-bond donors (Lipinski definition) is 1. The van der Waals surface area contributed by atoms with Crippen LogP contribution in [0, 0.1) is 17.8 Å². The highest BCUT2D eigenvalue weighted by atomic mass is 35.5. The standard InChI is InChI=1S/C22H31ClN2O/c1-15(2)12-19-9-10-20(23)14-21(19)22(25-24-4)11-8-17-6-5-7-18(13-17)16(3)26/h9-10,14-15,17-18,26H,3-8,11-13H2,1-2H3/b25-22+. The number of aliphatic hydroxyl groups is 1. The SMILES string of the molecule is C=N/N=C(\CCC1CCCC(C(=C)O)C1)c1cc(Cl)ccc1CC(C)C. The summed E-state index contributed by atoms with van der Waals surface area (Å²) in [5, 5.41) is 18.6. The molecule has 1 saturated carbocycles. The minimum Gasteiger partial charge on any atom is -0.513 e. The Hall–Kier alpha value is -1.61. The van der Waals surface area contributed by atoms with Crippen molar-refractivity contribution in [1.29, 1.82) is 0 Å². The summed E-state index contributed by atoms with van der Waals surface area (Å²) < 4.78 is 0.